The number of amides is 2. The van der Waals surface area contributed by atoms with E-state index in [4.69, 9.17) is 16.0 Å². The van der Waals surface area contributed by atoms with Gasteiger partial charge in [0.2, 0.25) is 5.91 Å². The van der Waals surface area contributed by atoms with Gasteiger partial charge in [0.05, 0.1) is 34.3 Å². The number of nitrogens with two attached hydrogens (primary N) is 1. The van der Waals surface area contributed by atoms with Crippen LogP contribution in [0.4, 0.5) is 5.69 Å². The third-order valence-corrected chi connectivity index (χ3v) is 6.90. The van der Waals surface area contributed by atoms with Crippen molar-refractivity contribution in [1.82, 2.24) is 15.3 Å². The van der Waals surface area contributed by atoms with E-state index < -0.39 is 11.8 Å². The number of hydrogen-bond donors (Lipinski definition) is 5. The number of nitrogens with one attached hydrogen (secondary N) is 2. The molecule has 2 aliphatic carbocycles. The summed E-state index contributed by atoms with van der Waals surface area (Å²) >= 11 is 0. The van der Waals surface area contributed by atoms with Crippen LogP contribution in [-0.4, -0.2) is 49.8 Å². The van der Waals surface area contributed by atoms with Crippen molar-refractivity contribution in [3.05, 3.63) is 40.7 Å². The predicted molar refractivity (Wildman–Crippen MR) is 129 cm³/mol. The Hall–Kier alpha value is -3.24. The Balaban J connectivity index is 1.75. The van der Waals surface area contributed by atoms with E-state index in [2.05, 4.69) is 5.32 Å². The second-order valence-corrected chi connectivity index (χ2v) is 10.4. The molecule has 188 valence electrons. The first-order chi connectivity index (χ1) is 16.6. The maximum Gasteiger partial charge on any atom is 0.250 e. The summed E-state index contributed by atoms with van der Waals surface area (Å²) in [5.74, 6) is -1.12. The van der Waals surface area contributed by atoms with Gasteiger partial charge in [-0.3, -0.25) is 19.6 Å². The molecule has 1 heterocycles. The standard InChI is InChI=1S/C25H33N5O5/c1-25(2)12-20-23(21(32)13-25)18(9-10-22(33)29-35)28-30(20)15-5-8-17(24(26)34)19(11-15)27-14-3-6-16(31)7-4-14/h5,8,11,14,16,27,31,35H,3-4,6-7,9-10,12-13H2,1-2H3,(H2,26,34)(H,29,33). The maximum atomic E-state index is 13.1. The number of hydroxylamine groups is 1. The number of rotatable bonds is 7. The van der Waals surface area contributed by atoms with E-state index in [1.54, 1.807) is 22.3 Å². The highest BCUT2D eigenvalue weighted by atomic mass is 16.5. The van der Waals surface area contributed by atoms with E-state index in [1.807, 2.05) is 19.9 Å². The van der Waals surface area contributed by atoms with Crippen molar-refractivity contribution in [1.29, 1.82) is 0 Å². The Morgan fingerprint density at radius 2 is 1.91 bits per heavy atom. The summed E-state index contributed by atoms with van der Waals surface area (Å²) in [6, 6.07) is 5.32. The van der Waals surface area contributed by atoms with Crippen molar-refractivity contribution in [2.24, 2.45) is 11.1 Å². The molecule has 6 N–H and O–H groups in total. The predicted octanol–water partition coefficient (Wildman–Crippen LogP) is 2.28. The molecule has 2 amide bonds. The molecular weight excluding hydrogens is 450 g/mol. The number of carbonyl (C=O) groups excluding carboxylic acids is 3. The Labute approximate surface area is 203 Å². The van der Waals surface area contributed by atoms with E-state index in [-0.39, 0.29) is 36.2 Å². The molecule has 1 aromatic heterocycles. The van der Waals surface area contributed by atoms with Gasteiger partial charge in [0.1, 0.15) is 0 Å². The largest absolute Gasteiger partial charge is 0.393 e. The monoisotopic (exact) mass is 483 g/mol. The number of nitrogens with zero attached hydrogens (tertiary/aromatic N) is 2. The van der Waals surface area contributed by atoms with Gasteiger partial charge >= 0.3 is 0 Å². The topological polar surface area (TPSA) is 160 Å². The summed E-state index contributed by atoms with van der Waals surface area (Å²) in [6.07, 6.45) is 3.86. The zero-order chi connectivity index (χ0) is 25.3. The second-order valence-electron chi connectivity index (χ2n) is 10.4. The molecule has 10 heteroatoms. The first kappa shape index (κ1) is 24.9. The number of aliphatic hydroxyl groups excluding tert-OH is 1. The zero-order valence-corrected chi connectivity index (χ0v) is 20.1. The normalized spacial score (nSPS) is 21.3. The van der Waals surface area contributed by atoms with Crippen molar-refractivity contribution in [3.8, 4) is 5.69 Å². The highest BCUT2D eigenvalue weighted by Gasteiger charge is 2.36. The first-order valence-corrected chi connectivity index (χ1v) is 12.0. The fourth-order valence-corrected chi connectivity index (χ4v) is 5.14. The lowest BCUT2D eigenvalue weighted by Gasteiger charge is -2.29. The van der Waals surface area contributed by atoms with Crippen LogP contribution in [0.2, 0.25) is 0 Å². The number of primary amides is 1. The average molecular weight is 484 g/mol. The highest BCUT2D eigenvalue weighted by molar-refractivity contribution is 6.00. The SMILES string of the molecule is CC1(C)CC(=O)c2c(CCC(=O)NO)nn(-c3ccc(C(N)=O)c(NC4CCC(O)CC4)c3)c2C1. The van der Waals surface area contributed by atoms with Crippen LogP contribution in [-0.2, 0) is 17.6 Å². The minimum absolute atomic E-state index is 0.00240. The lowest BCUT2D eigenvalue weighted by molar-refractivity contribution is -0.129. The van der Waals surface area contributed by atoms with Crippen LogP contribution in [0.3, 0.4) is 0 Å². The summed E-state index contributed by atoms with van der Waals surface area (Å²) < 4.78 is 1.72. The van der Waals surface area contributed by atoms with Crippen LogP contribution in [0, 0.1) is 5.41 Å². The highest BCUT2D eigenvalue weighted by Crippen LogP contribution is 2.38. The van der Waals surface area contributed by atoms with Crippen molar-refractivity contribution < 1.29 is 24.7 Å². The van der Waals surface area contributed by atoms with Crippen LogP contribution < -0.4 is 16.5 Å². The number of carbonyl (C=O) groups is 3. The molecule has 1 fully saturated rings. The molecule has 0 radical (unpaired) electrons. The quantitative estimate of drug-likeness (QED) is 0.298. The lowest BCUT2D eigenvalue weighted by atomic mass is 9.75. The maximum absolute atomic E-state index is 13.1. The van der Waals surface area contributed by atoms with Gasteiger partial charge in [0.15, 0.2) is 5.78 Å². The second kappa shape index (κ2) is 9.79. The lowest BCUT2D eigenvalue weighted by Crippen LogP contribution is -2.29. The third kappa shape index (κ3) is 5.38. The molecule has 0 saturated heterocycles. The fraction of sp³-hybridized carbons (Fsp3) is 0.520. The number of aryl methyl sites for hydroxylation is 1. The average Bonchev–Trinajstić information content (AvgIpc) is 3.16. The van der Waals surface area contributed by atoms with E-state index in [0.29, 0.717) is 53.9 Å². The number of hydrogen-bond acceptors (Lipinski definition) is 7. The number of aromatic nitrogens is 2. The summed E-state index contributed by atoms with van der Waals surface area (Å²) in [5, 5.41) is 26.8. The number of Topliss-reactive ketones (excluding diaryl/α,β-unsaturated/α-hetero) is 1. The third-order valence-electron chi connectivity index (χ3n) is 6.90. The van der Waals surface area contributed by atoms with Crippen molar-refractivity contribution in [3.63, 3.8) is 0 Å². The Kier molecular flexibility index (Phi) is 6.95. The van der Waals surface area contributed by atoms with Crippen molar-refractivity contribution in [2.45, 2.75) is 77.4 Å². The molecule has 0 unspecified atom stereocenters. The Morgan fingerprint density at radius 3 is 2.57 bits per heavy atom. The van der Waals surface area contributed by atoms with Gasteiger partial charge in [-0.1, -0.05) is 13.8 Å². The van der Waals surface area contributed by atoms with Crippen molar-refractivity contribution >= 4 is 23.3 Å². The van der Waals surface area contributed by atoms with Gasteiger partial charge in [-0.25, -0.2) is 10.2 Å². The summed E-state index contributed by atoms with van der Waals surface area (Å²) in [7, 11) is 0. The fourth-order valence-electron chi connectivity index (χ4n) is 5.14. The van der Waals surface area contributed by atoms with E-state index in [9.17, 15) is 19.5 Å². The number of ketones is 1. The van der Waals surface area contributed by atoms with Crippen LogP contribution in [0.15, 0.2) is 18.2 Å². The summed E-state index contributed by atoms with van der Waals surface area (Å²) in [5.41, 5.74) is 10.4. The van der Waals surface area contributed by atoms with Gasteiger partial charge in [0, 0.05) is 31.0 Å². The smallest absolute Gasteiger partial charge is 0.250 e. The number of aliphatic hydroxyl groups is 1. The number of anilines is 1. The van der Waals surface area contributed by atoms with E-state index in [1.165, 1.54) is 0 Å². The molecule has 0 spiro atoms. The Bertz CT molecular complexity index is 1150. The summed E-state index contributed by atoms with van der Waals surface area (Å²) in [6.45, 7) is 4.06. The molecule has 1 aromatic carbocycles. The van der Waals surface area contributed by atoms with Gasteiger partial charge < -0.3 is 16.2 Å². The minimum atomic E-state index is -0.551. The van der Waals surface area contributed by atoms with Gasteiger partial charge in [0.25, 0.3) is 5.91 Å². The molecule has 0 aliphatic heterocycles. The Morgan fingerprint density at radius 1 is 1.20 bits per heavy atom. The molecule has 4 rings (SSSR count). The van der Waals surface area contributed by atoms with Crippen molar-refractivity contribution in [2.75, 3.05) is 5.32 Å². The van der Waals surface area contributed by atoms with E-state index in [0.717, 1.165) is 18.5 Å². The minimum Gasteiger partial charge on any atom is -0.393 e. The summed E-state index contributed by atoms with van der Waals surface area (Å²) in [4.78, 5) is 36.8. The molecule has 2 aromatic rings. The van der Waals surface area contributed by atoms with Gasteiger partial charge in [-0.2, -0.15) is 5.10 Å². The van der Waals surface area contributed by atoms with Crippen LogP contribution in [0.1, 0.15) is 84.5 Å². The van der Waals surface area contributed by atoms with Gasteiger partial charge in [-0.05, 0) is 55.7 Å². The van der Waals surface area contributed by atoms with Crippen LogP contribution in [0.5, 0.6) is 0 Å². The van der Waals surface area contributed by atoms with Crippen LogP contribution >= 0.6 is 0 Å². The molecule has 0 bridgehead atoms. The molecule has 2 aliphatic rings. The molecular formula is C25H33N5O5. The van der Waals surface area contributed by atoms with Crippen LogP contribution in [0.25, 0.3) is 5.69 Å². The molecule has 1 saturated carbocycles. The number of benzene rings is 1. The molecule has 35 heavy (non-hydrogen) atoms. The molecule has 0 atom stereocenters. The first-order valence-electron chi connectivity index (χ1n) is 12.0. The number of fused-ring (bicyclic) bond motifs is 1. The van der Waals surface area contributed by atoms with Gasteiger partial charge in [-0.15, -0.1) is 0 Å². The molecule has 10 nitrogen and oxygen atoms in total. The van der Waals surface area contributed by atoms with E-state index >= 15 is 0 Å². The zero-order valence-electron chi connectivity index (χ0n) is 20.1.